The van der Waals surface area contributed by atoms with Gasteiger partial charge in [0.2, 0.25) is 5.88 Å². The van der Waals surface area contributed by atoms with E-state index in [0.717, 1.165) is 10.9 Å². The van der Waals surface area contributed by atoms with Gasteiger partial charge in [0.05, 0.1) is 11.7 Å². The van der Waals surface area contributed by atoms with Crippen molar-refractivity contribution < 1.29 is 4.74 Å². The standard InChI is InChI=1S/C14H10ClN3O/c1-9-17-13(15)7-14(18-9)19-11-6-10-4-2-3-5-12(10)16-8-11/h2-8H,1H3. The molecular formula is C14H10ClN3O. The molecule has 1 aromatic carbocycles. The number of hydrogen-bond acceptors (Lipinski definition) is 4. The van der Waals surface area contributed by atoms with Gasteiger partial charge in [0.1, 0.15) is 16.7 Å². The van der Waals surface area contributed by atoms with Gasteiger partial charge in [0.15, 0.2) is 0 Å². The zero-order chi connectivity index (χ0) is 13.2. The lowest BCUT2D eigenvalue weighted by atomic mass is 10.2. The molecule has 94 valence electrons. The molecule has 0 N–H and O–H groups in total. The van der Waals surface area contributed by atoms with Crippen LogP contribution in [0, 0.1) is 6.92 Å². The van der Waals surface area contributed by atoms with Gasteiger partial charge in [0, 0.05) is 11.5 Å². The first-order chi connectivity index (χ1) is 9.20. The summed E-state index contributed by atoms with van der Waals surface area (Å²) in [5.41, 5.74) is 0.923. The smallest absolute Gasteiger partial charge is 0.224 e. The molecule has 0 fully saturated rings. The molecule has 0 unspecified atom stereocenters. The third-order valence-corrected chi connectivity index (χ3v) is 2.76. The van der Waals surface area contributed by atoms with Crippen LogP contribution in [-0.2, 0) is 0 Å². The van der Waals surface area contributed by atoms with Crippen molar-refractivity contribution in [2.45, 2.75) is 6.92 Å². The second-order valence-corrected chi connectivity index (χ2v) is 4.43. The van der Waals surface area contributed by atoms with Crippen LogP contribution in [0.15, 0.2) is 42.6 Å². The van der Waals surface area contributed by atoms with Crippen molar-refractivity contribution in [2.75, 3.05) is 0 Å². The molecule has 5 heteroatoms. The maximum atomic E-state index is 5.86. The zero-order valence-electron chi connectivity index (χ0n) is 10.2. The van der Waals surface area contributed by atoms with Crippen molar-refractivity contribution in [1.29, 1.82) is 0 Å². The number of aryl methyl sites for hydroxylation is 1. The molecule has 0 saturated carbocycles. The first-order valence-electron chi connectivity index (χ1n) is 5.74. The van der Waals surface area contributed by atoms with Crippen molar-refractivity contribution in [1.82, 2.24) is 15.0 Å². The first kappa shape index (κ1) is 11.9. The number of hydrogen-bond donors (Lipinski definition) is 0. The summed E-state index contributed by atoms with van der Waals surface area (Å²) in [6, 6.07) is 11.3. The fourth-order valence-corrected chi connectivity index (χ4v) is 2.00. The van der Waals surface area contributed by atoms with Crippen LogP contribution in [0.5, 0.6) is 11.6 Å². The minimum Gasteiger partial charge on any atom is -0.437 e. The summed E-state index contributed by atoms with van der Waals surface area (Å²) >= 11 is 5.86. The van der Waals surface area contributed by atoms with Gasteiger partial charge >= 0.3 is 0 Å². The third-order valence-electron chi connectivity index (χ3n) is 2.57. The quantitative estimate of drug-likeness (QED) is 0.666. The molecule has 3 rings (SSSR count). The zero-order valence-corrected chi connectivity index (χ0v) is 10.9. The minimum absolute atomic E-state index is 0.358. The van der Waals surface area contributed by atoms with Gasteiger partial charge in [-0.25, -0.2) is 4.98 Å². The van der Waals surface area contributed by atoms with Gasteiger partial charge in [-0.1, -0.05) is 29.8 Å². The lowest BCUT2D eigenvalue weighted by Gasteiger charge is -2.06. The van der Waals surface area contributed by atoms with Crippen LogP contribution in [0.3, 0.4) is 0 Å². The summed E-state index contributed by atoms with van der Waals surface area (Å²) in [5, 5.41) is 1.37. The maximum Gasteiger partial charge on any atom is 0.224 e. The van der Waals surface area contributed by atoms with Gasteiger partial charge in [-0.15, -0.1) is 0 Å². The average molecular weight is 272 g/mol. The molecule has 4 nitrogen and oxygen atoms in total. The van der Waals surface area contributed by atoms with Crippen LogP contribution in [0.4, 0.5) is 0 Å². The summed E-state index contributed by atoms with van der Waals surface area (Å²) in [6.07, 6.45) is 1.66. The molecular weight excluding hydrogens is 262 g/mol. The van der Waals surface area contributed by atoms with Crippen molar-refractivity contribution in [3.8, 4) is 11.6 Å². The van der Waals surface area contributed by atoms with Gasteiger partial charge in [-0.05, 0) is 19.1 Å². The number of halogens is 1. The predicted octanol–water partition coefficient (Wildman–Crippen LogP) is 3.78. The number of benzene rings is 1. The van der Waals surface area contributed by atoms with E-state index in [9.17, 15) is 0 Å². The van der Waals surface area contributed by atoms with E-state index >= 15 is 0 Å². The van der Waals surface area contributed by atoms with E-state index in [1.54, 1.807) is 19.2 Å². The van der Waals surface area contributed by atoms with E-state index < -0.39 is 0 Å². The number of para-hydroxylation sites is 1. The molecule has 0 amide bonds. The topological polar surface area (TPSA) is 47.9 Å². The summed E-state index contributed by atoms with van der Waals surface area (Å²) in [6.45, 7) is 1.76. The summed E-state index contributed by atoms with van der Waals surface area (Å²) < 4.78 is 5.65. The Balaban J connectivity index is 1.96. The minimum atomic E-state index is 0.358. The fraction of sp³-hybridized carbons (Fsp3) is 0.0714. The number of fused-ring (bicyclic) bond motifs is 1. The third kappa shape index (κ3) is 2.63. The molecule has 3 aromatic rings. The highest BCUT2D eigenvalue weighted by Crippen LogP contribution is 2.24. The van der Waals surface area contributed by atoms with E-state index in [1.807, 2.05) is 30.3 Å². The first-order valence-corrected chi connectivity index (χ1v) is 6.12. The number of ether oxygens (including phenoxy) is 1. The molecule has 0 saturated heterocycles. The lowest BCUT2D eigenvalue weighted by molar-refractivity contribution is 0.458. The van der Waals surface area contributed by atoms with E-state index in [0.29, 0.717) is 22.6 Å². The maximum absolute atomic E-state index is 5.86. The van der Waals surface area contributed by atoms with Crippen molar-refractivity contribution in [3.63, 3.8) is 0 Å². The second kappa shape index (κ2) is 4.82. The lowest BCUT2D eigenvalue weighted by Crippen LogP contribution is -1.93. The molecule has 0 aliphatic carbocycles. The van der Waals surface area contributed by atoms with E-state index in [2.05, 4.69) is 15.0 Å². The molecule has 0 atom stereocenters. The highest BCUT2D eigenvalue weighted by molar-refractivity contribution is 6.29. The van der Waals surface area contributed by atoms with Gasteiger partial charge in [0.25, 0.3) is 0 Å². The van der Waals surface area contributed by atoms with E-state index in [4.69, 9.17) is 16.3 Å². The van der Waals surface area contributed by atoms with Crippen molar-refractivity contribution in [3.05, 3.63) is 53.6 Å². The van der Waals surface area contributed by atoms with Crippen LogP contribution >= 0.6 is 11.6 Å². The molecule has 2 heterocycles. The molecule has 0 aliphatic rings. The summed E-state index contributed by atoms with van der Waals surface area (Å²) in [7, 11) is 0. The Labute approximate surface area is 115 Å². The highest BCUT2D eigenvalue weighted by atomic mass is 35.5. The Morgan fingerprint density at radius 2 is 1.95 bits per heavy atom. The molecule has 2 aromatic heterocycles. The number of nitrogens with zero attached hydrogens (tertiary/aromatic N) is 3. The Bertz CT molecular complexity index is 725. The van der Waals surface area contributed by atoms with Crippen LogP contribution in [0.1, 0.15) is 5.82 Å². The predicted molar refractivity (Wildman–Crippen MR) is 73.6 cm³/mol. The summed E-state index contributed by atoms with van der Waals surface area (Å²) in [5.74, 6) is 1.60. The molecule has 0 spiro atoms. The number of pyridine rings is 1. The second-order valence-electron chi connectivity index (χ2n) is 4.04. The Morgan fingerprint density at radius 3 is 2.79 bits per heavy atom. The molecule has 0 radical (unpaired) electrons. The molecule has 19 heavy (non-hydrogen) atoms. The molecule has 0 aliphatic heterocycles. The van der Waals surface area contributed by atoms with Gasteiger partial charge in [-0.2, -0.15) is 4.98 Å². The fourth-order valence-electron chi connectivity index (χ4n) is 1.79. The Kier molecular flexibility index (Phi) is 3.01. The van der Waals surface area contributed by atoms with E-state index in [-0.39, 0.29) is 0 Å². The van der Waals surface area contributed by atoms with Gasteiger partial charge in [-0.3, -0.25) is 4.98 Å². The van der Waals surface area contributed by atoms with Crippen molar-refractivity contribution >= 4 is 22.5 Å². The normalized spacial score (nSPS) is 10.6. The number of aromatic nitrogens is 3. The van der Waals surface area contributed by atoms with Gasteiger partial charge < -0.3 is 4.74 Å². The Morgan fingerprint density at radius 1 is 1.11 bits per heavy atom. The largest absolute Gasteiger partial charge is 0.437 e. The Hall–Kier alpha value is -2.20. The van der Waals surface area contributed by atoms with Crippen LogP contribution < -0.4 is 4.74 Å². The number of rotatable bonds is 2. The summed E-state index contributed by atoms with van der Waals surface area (Å²) in [4.78, 5) is 12.5. The van der Waals surface area contributed by atoms with E-state index in [1.165, 1.54) is 0 Å². The van der Waals surface area contributed by atoms with Crippen LogP contribution in [-0.4, -0.2) is 15.0 Å². The highest BCUT2D eigenvalue weighted by Gasteiger charge is 2.04. The van der Waals surface area contributed by atoms with Crippen LogP contribution in [0.2, 0.25) is 5.15 Å². The average Bonchev–Trinajstić information content (AvgIpc) is 2.37. The van der Waals surface area contributed by atoms with Crippen LogP contribution in [0.25, 0.3) is 10.9 Å². The SMILES string of the molecule is Cc1nc(Cl)cc(Oc2cnc3ccccc3c2)n1. The van der Waals surface area contributed by atoms with Crippen molar-refractivity contribution in [2.24, 2.45) is 0 Å². The molecule has 0 bridgehead atoms. The monoisotopic (exact) mass is 271 g/mol.